The molecular formula is C49H96N2O7. The molecule has 0 rings (SSSR count). The molecule has 0 fully saturated rings. The second-order valence-corrected chi connectivity index (χ2v) is 16.8. The number of unbranched alkanes of at least 4 members (excludes halogenated alkanes) is 18. The molecule has 0 spiro atoms. The van der Waals surface area contributed by atoms with Crippen LogP contribution in [0.5, 0.6) is 0 Å². The number of hydrogen-bond acceptors (Lipinski definition) is 9. The molecule has 0 aromatic carbocycles. The average Bonchev–Trinajstić information content (AvgIpc) is 3.22. The third kappa shape index (κ3) is 37.2. The maximum absolute atomic E-state index is 12.9. The van der Waals surface area contributed by atoms with E-state index in [1.165, 1.54) is 96.3 Å². The minimum atomic E-state index is -0.598. The quantitative estimate of drug-likeness (QED) is 0.0338. The van der Waals surface area contributed by atoms with Gasteiger partial charge >= 0.3 is 18.1 Å². The Hall–Kier alpha value is -1.87. The summed E-state index contributed by atoms with van der Waals surface area (Å²) in [5.41, 5.74) is 0. The van der Waals surface area contributed by atoms with Crippen LogP contribution in [-0.2, 0) is 28.5 Å². The van der Waals surface area contributed by atoms with E-state index in [-0.39, 0.29) is 18.0 Å². The fourth-order valence-corrected chi connectivity index (χ4v) is 7.63. The van der Waals surface area contributed by atoms with Gasteiger partial charge in [-0.05, 0) is 83.3 Å². The minimum Gasteiger partial charge on any atom is -0.466 e. The van der Waals surface area contributed by atoms with Crippen molar-refractivity contribution < 1.29 is 33.3 Å². The third-order valence-corrected chi connectivity index (χ3v) is 11.7. The Bertz CT molecular complexity index is 901. The summed E-state index contributed by atoms with van der Waals surface area (Å²) < 4.78 is 22.6. The van der Waals surface area contributed by atoms with Gasteiger partial charge in [0, 0.05) is 32.5 Å². The summed E-state index contributed by atoms with van der Waals surface area (Å²) in [6.07, 6.45) is 30.2. The molecule has 0 aromatic heterocycles. The summed E-state index contributed by atoms with van der Waals surface area (Å²) in [6, 6.07) is 0. The Morgan fingerprint density at radius 3 is 1.40 bits per heavy atom. The summed E-state index contributed by atoms with van der Waals surface area (Å²) in [6.45, 7) is 20.0. The molecule has 0 aromatic rings. The van der Waals surface area contributed by atoms with Crippen molar-refractivity contribution in [3.8, 4) is 0 Å². The van der Waals surface area contributed by atoms with E-state index in [2.05, 4.69) is 51.3 Å². The highest BCUT2D eigenvalue weighted by molar-refractivity contribution is 5.69. The first-order valence-corrected chi connectivity index (χ1v) is 24.9. The maximum Gasteiger partial charge on any atom is 0.508 e. The Morgan fingerprint density at radius 1 is 0.414 bits per heavy atom. The minimum absolute atomic E-state index is 0.0646. The molecule has 1 atom stereocenters. The van der Waals surface area contributed by atoms with Crippen molar-refractivity contribution in [2.75, 3.05) is 59.1 Å². The molecule has 344 valence electrons. The highest BCUT2D eigenvalue weighted by Crippen LogP contribution is 2.23. The van der Waals surface area contributed by atoms with E-state index in [9.17, 15) is 14.4 Å². The fraction of sp³-hybridized carbons (Fsp3) is 0.939. The molecular weight excluding hydrogens is 729 g/mol. The van der Waals surface area contributed by atoms with Crippen LogP contribution in [0.2, 0.25) is 0 Å². The van der Waals surface area contributed by atoms with Crippen LogP contribution in [0.1, 0.15) is 228 Å². The maximum atomic E-state index is 12.9. The van der Waals surface area contributed by atoms with E-state index in [0.29, 0.717) is 51.5 Å². The molecule has 0 heterocycles. The van der Waals surface area contributed by atoms with Crippen molar-refractivity contribution >= 4 is 18.1 Å². The number of hydrogen-bond donors (Lipinski definition) is 0. The van der Waals surface area contributed by atoms with E-state index in [4.69, 9.17) is 18.9 Å². The zero-order chi connectivity index (χ0) is 42.7. The van der Waals surface area contributed by atoms with Crippen molar-refractivity contribution in [1.82, 2.24) is 9.80 Å². The van der Waals surface area contributed by atoms with Gasteiger partial charge in [-0.15, -0.1) is 0 Å². The summed E-state index contributed by atoms with van der Waals surface area (Å²) in [5, 5.41) is 0. The second-order valence-electron chi connectivity index (χ2n) is 16.8. The van der Waals surface area contributed by atoms with Gasteiger partial charge in [-0.2, -0.15) is 0 Å². The first-order valence-electron chi connectivity index (χ1n) is 24.9. The largest absolute Gasteiger partial charge is 0.508 e. The van der Waals surface area contributed by atoms with Gasteiger partial charge in [-0.3, -0.25) is 14.5 Å². The number of esters is 2. The highest BCUT2D eigenvalue weighted by atomic mass is 16.7. The molecule has 0 bridgehead atoms. The van der Waals surface area contributed by atoms with E-state index < -0.39 is 6.16 Å². The normalized spacial score (nSPS) is 12.1. The van der Waals surface area contributed by atoms with E-state index in [0.717, 1.165) is 103 Å². The lowest BCUT2D eigenvalue weighted by Crippen LogP contribution is -2.37. The van der Waals surface area contributed by atoms with Crippen LogP contribution in [0.25, 0.3) is 0 Å². The average molecular weight is 825 g/mol. The van der Waals surface area contributed by atoms with Crippen molar-refractivity contribution in [1.29, 1.82) is 0 Å². The molecule has 0 aliphatic heterocycles. The predicted molar refractivity (Wildman–Crippen MR) is 242 cm³/mol. The smallest absolute Gasteiger partial charge is 0.466 e. The second kappa shape index (κ2) is 43.2. The lowest BCUT2D eigenvalue weighted by Gasteiger charge is -2.25. The van der Waals surface area contributed by atoms with Crippen LogP contribution in [0, 0.1) is 5.92 Å². The molecule has 9 heteroatoms. The Morgan fingerprint density at radius 2 is 0.845 bits per heavy atom. The standard InChI is InChI=1S/C49H96N2O7/c1-7-13-16-19-20-23-29-37-47(52)55-41-31-25-24-28-35-46(58-49(54)57-43-40-51(12-6)39-38-50(10-4)11-5)36-30-32-42-56-48(53)44-45(33-26-21-17-14-8-2)34-27-22-18-15-9-3/h45-46H,7-44H2,1-6H3. The lowest BCUT2D eigenvalue weighted by molar-refractivity contribution is -0.145. The molecule has 58 heavy (non-hydrogen) atoms. The molecule has 0 aliphatic rings. The first-order chi connectivity index (χ1) is 28.3. The number of carbonyl (C=O) groups is 3. The van der Waals surface area contributed by atoms with E-state index in [1.807, 2.05) is 0 Å². The van der Waals surface area contributed by atoms with Crippen LogP contribution in [0.4, 0.5) is 4.79 Å². The molecule has 0 aliphatic carbocycles. The van der Waals surface area contributed by atoms with Crippen LogP contribution < -0.4 is 0 Å². The predicted octanol–water partition coefficient (Wildman–Crippen LogP) is 13.2. The number of nitrogens with zero attached hydrogens (tertiary/aromatic N) is 2. The number of rotatable bonds is 44. The summed E-state index contributed by atoms with van der Waals surface area (Å²) in [7, 11) is 0. The monoisotopic (exact) mass is 825 g/mol. The highest BCUT2D eigenvalue weighted by Gasteiger charge is 2.18. The van der Waals surface area contributed by atoms with Crippen molar-refractivity contribution in [3.05, 3.63) is 0 Å². The topological polar surface area (TPSA) is 94.6 Å². The molecule has 0 amide bonds. The van der Waals surface area contributed by atoms with Crippen LogP contribution in [0.15, 0.2) is 0 Å². The Balaban J connectivity index is 4.77. The number of likely N-dealkylation sites (N-methyl/N-ethyl adjacent to an activating group) is 2. The fourth-order valence-electron chi connectivity index (χ4n) is 7.63. The van der Waals surface area contributed by atoms with Crippen LogP contribution >= 0.6 is 0 Å². The lowest BCUT2D eigenvalue weighted by atomic mass is 9.91. The van der Waals surface area contributed by atoms with Crippen molar-refractivity contribution in [2.45, 2.75) is 234 Å². The van der Waals surface area contributed by atoms with Crippen LogP contribution in [0.3, 0.4) is 0 Å². The van der Waals surface area contributed by atoms with Gasteiger partial charge in [0.05, 0.1) is 13.2 Å². The van der Waals surface area contributed by atoms with Gasteiger partial charge in [-0.25, -0.2) is 4.79 Å². The molecule has 0 N–H and O–H groups in total. The van der Waals surface area contributed by atoms with Gasteiger partial charge in [0.25, 0.3) is 0 Å². The van der Waals surface area contributed by atoms with Gasteiger partial charge in [-0.1, -0.05) is 157 Å². The SMILES string of the molecule is CCCCCCCCCC(=O)OCCCCCCC(CCCCOC(=O)CC(CCCCCCC)CCCCCCC)OC(=O)OCCN(CC)CCN(CC)CC. The zero-order valence-corrected chi connectivity index (χ0v) is 39.3. The number of ether oxygens (including phenoxy) is 4. The van der Waals surface area contributed by atoms with Crippen molar-refractivity contribution in [2.24, 2.45) is 5.92 Å². The van der Waals surface area contributed by atoms with E-state index in [1.54, 1.807) is 0 Å². The van der Waals surface area contributed by atoms with Gasteiger partial charge in [0.1, 0.15) is 12.7 Å². The molecule has 0 saturated heterocycles. The third-order valence-electron chi connectivity index (χ3n) is 11.7. The Kier molecular flexibility index (Phi) is 41.8. The van der Waals surface area contributed by atoms with Gasteiger partial charge in [0.2, 0.25) is 0 Å². The summed E-state index contributed by atoms with van der Waals surface area (Å²) in [5.74, 6) is 0.283. The Labute approximate surface area is 359 Å². The molecule has 0 saturated carbocycles. The molecule has 1 unspecified atom stereocenters. The van der Waals surface area contributed by atoms with Crippen molar-refractivity contribution in [3.63, 3.8) is 0 Å². The van der Waals surface area contributed by atoms with Gasteiger partial charge < -0.3 is 23.8 Å². The zero-order valence-electron chi connectivity index (χ0n) is 39.3. The summed E-state index contributed by atoms with van der Waals surface area (Å²) in [4.78, 5) is 42.5. The molecule has 0 radical (unpaired) electrons. The van der Waals surface area contributed by atoms with E-state index >= 15 is 0 Å². The first kappa shape index (κ1) is 56.1. The van der Waals surface area contributed by atoms with Crippen LogP contribution in [-0.4, -0.2) is 93.1 Å². The van der Waals surface area contributed by atoms with Gasteiger partial charge in [0.15, 0.2) is 0 Å². The molecule has 9 nitrogen and oxygen atoms in total. The summed E-state index contributed by atoms with van der Waals surface area (Å²) >= 11 is 0. The number of carbonyl (C=O) groups excluding carboxylic acids is 3.